The molecular formula is C36H24N3S-. The molecule has 4 heteroatoms. The summed E-state index contributed by atoms with van der Waals surface area (Å²) < 4.78 is 2.22. The molecule has 0 N–H and O–H groups in total. The van der Waals surface area contributed by atoms with Crippen molar-refractivity contribution in [2.45, 2.75) is 6.04 Å². The van der Waals surface area contributed by atoms with Crippen molar-refractivity contribution in [1.29, 1.82) is 0 Å². The maximum Gasteiger partial charge on any atom is 0.0526 e. The number of nitrogens with zero attached hydrogens (tertiary/aromatic N) is 3. The van der Waals surface area contributed by atoms with Crippen LogP contribution in [-0.2, 0) is 0 Å². The molecule has 8 rings (SSSR count). The summed E-state index contributed by atoms with van der Waals surface area (Å²) in [6.07, 6.45) is 0. The molecule has 1 unspecified atom stereocenters. The number of hydrogen-bond acceptors (Lipinski definition) is 2. The number of para-hydroxylation sites is 2. The second-order valence-corrected chi connectivity index (χ2v) is 11.0. The largest absolute Gasteiger partial charge is 0.380 e. The van der Waals surface area contributed by atoms with Gasteiger partial charge in [-0.25, -0.2) is 0 Å². The lowest BCUT2D eigenvalue weighted by Gasteiger charge is -2.33. The van der Waals surface area contributed by atoms with Crippen molar-refractivity contribution < 1.29 is 0 Å². The third-order valence-electron chi connectivity index (χ3n) is 7.65. The molecule has 0 spiro atoms. The van der Waals surface area contributed by atoms with Crippen molar-refractivity contribution >= 4 is 44.8 Å². The van der Waals surface area contributed by atoms with Gasteiger partial charge in [0.1, 0.15) is 0 Å². The van der Waals surface area contributed by atoms with Crippen LogP contribution in [-0.4, -0.2) is 10.5 Å². The van der Waals surface area contributed by atoms with E-state index in [1.165, 1.54) is 37.9 Å². The van der Waals surface area contributed by atoms with Crippen LogP contribution in [0.3, 0.4) is 0 Å². The Morgan fingerprint density at radius 3 is 1.73 bits per heavy atom. The fraction of sp³-hybridized carbons (Fsp3) is 0.0278. The van der Waals surface area contributed by atoms with Crippen molar-refractivity contribution in [1.82, 2.24) is 4.57 Å². The number of rotatable bonds is 3. The molecular weight excluding hydrogens is 506 g/mol. The summed E-state index contributed by atoms with van der Waals surface area (Å²) in [4.78, 5) is 6.28. The molecule has 0 aliphatic carbocycles. The maximum atomic E-state index is 5.40. The lowest BCUT2D eigenvalue weighted by molar-refractivity contribution is 0.992. The van der Waals surface area contributed by atoms with Crippen molar-refractivity contribution in [3.8, 4) is 22.3 Å². The number of thiophene rings is 1. The molecule has 5 aromatic carbocycles. The minimum atomic E-state index is -0.159. The van der Waals surface area contributed by atoms with Crippen LogP contribution in [0.5, 0.6) is 0 Å². The van der Waals surface area contributed by atoms with E-state index < -0.39 is 0 Å². The summed E-state index contributed by atoms with van der Waals surface area (Å²) in [5.74, 6) is 0.722. The molecule has 190 valence electrons. The van der Waals surface area contributed by atoms with Gasteiger partial charge in [0.2, 0.25) is 0 Å². The van der Waals surface area contributed by atoms with Gasteiger partial charge in [-0.2, -0.15) is 0 Å². The Bertz CT molecular complexity index is 1920. The Hall–Kier alpha value is -4.93. The minimum Gasteiger partial charge on any atom is -0.380 e. The first kappa shape index (κ1) is 23.0. The number of fused-ring (bicyclic) bond motifs is 4. The highest BCUT2D eigenvalue weighted by molar-refractivity contribution is 7.10. The van der Waals surface area contributed by atoms with Gasteiger partial charge in [0.15, 0.2) is 0 Å². The second kappa shape index (κ2) is 9.37. The van der Waals surface area contributed by atoms with Crippen LogP contribution in [0.2, 0.25) is 0 Å². The average Bonchev–Trinajstić information content (AvgIpc) is 3.64. The fourth-order valence-electron chi connectivity index (χ4n) is 5.80. The summed E-state index contributed by atoms with van der Waals surface area (Å²) in [6.45, 7) is 0. The molecule has 1 atom stereocenters. The van der Waals surface area contributed by atoms with E-state index in [1.54, 1.807) is 11.3 Å². The number of aromatic nitrogens is 1. The van der Waals surface area contributed by atoms with Crippen LogP contribution in [0, 0.1) is 0 Å². The van der Waals surface area contributed by atoms with Gasteiger partial charge < -0.3 is 14.9 Å². The van der Waals surface area contributed by atoms with Crippen LogP contribution in [0.1, 0.15) is 16.5 Å². The summed E-state index contributed by atoms with van der Waals surface area (Å²) in [5.41, 5.74) is 9.15. The zero-order valence-corrected chi connectivity index (χ0v) is 22.4. The Morgan fingerprint density at radius 1 is 0.575 bits per heavy atom. The Kier molecular flexibility index (Phi) is 5.39. The highest BCUT2D eigenvalue weighted by Crippen LogP contribution is 2.46. The molecule has 0 saturated heterocycles. The number of aliphatic imine (C=N–C) groups is 1. The lowest BCUT2D eigenvalue weighted by atomic mass is 9.92. The van der Waals surface area contributed by atoms with E-state index in [1.807, 2.05) is 0 Å². The van der Waals surface area contributed by atoms with Gasteiger partial charge in [-0.3, -0.25) is 0 Å². The van der Waals surface area contributed by atoms with Gasteiger partial charge in [0.05, 0.1) is 6.04 Å². The van der Waals surface area contributed by atoms with E-state index in [4.69, 9.17) is 10.3 Å². The highest BCUT2D eigenvalue weighted by atomic mass is 32.1. The van der Waals surface area contributed by atoms with Crippen molar-refractivity contribution in [2.24, 2.45) is 4.99 Å². The Balaban J connectivity index is 1.33. The maximum absolute atomic E-state index is 5.40. The molecule has 40 heavy (non-hydrogen) atoms. The molecule has 0 saturated carbocycles. The van der Waals surface area contributed by atoms with E-state index >= 15 is 0 Å². The molecule has 2 aromatic heterocycles. The SMILES string of the molecule is c1ccc(-c2cc(-c3ccccc3)cc(C3[N-]C(n4c5ccccc5c5ccccc54)=Nc4ccsc43)c2)cc1. The molecule has 0 fully saturated rings. The molecule has 1 aliphatic heterocycles. The predicted octanol–water partition coefficient (Wildman–Crippen LogP) is 10.2. The zero-order chi connectivity index (χ0) is 26.5. The third kappa shape index (κ3) is 3.76. The summed E-state index contributed by atoms with van der Waals surface area (Å²) in [5, 5.41) is 9.95. The Morgan fingerprint density at radius 2 is 1.12 bits per heavy atom. The molecule has 0 radical (unpaired) electrons. The van der Waals surface area contributed by atoms with E-state index in [2.05, 4.69) is 143 Å². The average molecular weight is 531 g/mol. The first-order chi connectivity index (χ1) is 19.8. The molecule has 7 aromatic rings. The van der Waals surface area contributed by atoms with Gasteiger partial charge in [-0.15, -0.1) is 11.3 Å². The minimum absolute atomic E-state index is 0.159. The van der Waals surface area contributed by atoms with Gasteiger partial charge in [0.25, 0.3) is 0 Å². The topological polar surface area (TPSA) is 31.4 Å². The van der Waals surface area contributed by atoms with E-state index in [0.717, 1.165) is 28.2 Å². The van der Waals surface area contributed by atoms with Gasteiger partial charge in [0, 0.05) is 16.5 Å². The van der Waals surface area contributed by atoms with Crippen LogP contribution in [0.15, 0.2) is 144 Å². The normalized spacial score (nSPS) is 14.6. The van der Waals surface area contributed by atoms with E-state index in [0.29, 0.717) is 0 Å². The van der Waals surface area contributed by atoms with Crippen LogP contribution < -0.4 is 0 Å². The monoisotopic (exact) mass is 530 g/mol. The van der Waals surface area contributed by atoms with Crippen LogP contribution in [0.25, 0.3) is 49.4 Å². The second-order valence-electron chi connectivity index (χ2n) is 10.1. The van der Waals surface area contributed by atoms with E-state index in [9.17, 15) is 0 Å². The zero-order valence-electron chi connectivity index (χ0n) is 21.6. The molecule has 0 amide bonds. The Labute approximate surface area is 236 Å². The molecule has 3 nitrogen and oxygen atoms in total. The quantitative estimate of drug-likeness (QED) is 0.218. The number of benzene rings is 5. The molecule has 0 bridgehead atoms. The summed E-state index contributed by atoms with van der Waals surface area (Å²) in [7, 11) is 0. The summed E-state index contributed by atoms with van der Waals surface area (Å²) >= 11 is 1.73. The molecule has 3 heterocycles. The molecule has 1 aliphatic rings. The predicted molar refractivity (Wildman–Crippen MR) is 169 cm³/mol. The highest BCUT2D eigenvalue weighted by Gasteiger charge is 2.23. The first-order valence-corrected chi connectivity index (χ1v) is 14.3. The third-order valence-corrected chi connectivity index (χ3v) is 8.61. The number of hydrogen-bond donors (Lipinski definition) is 0. The van der Waals surface area contributed by atoms with Gasteiger partial charge in [-0.1, -0.05) is 109 Å². The summed E-state index contributed by atoms with van der Waals surface area (Å²) in [6, 6.07) is 47.1. The van der Waals surface area contributed by atoms with Crippen molar-refractivity contribution in [3.63, 3.8) is 0 Å². The standard InChI is InChI=1S/C36H24N3S/c1-3-11-24(12-4-1)26-21-27(25-13-5-2-6-14-25)23-28(22-26)34-35-31(19-20-40-35)37-36(38-34)39-32-17-9-7-15-29(32)30-16-8-10-18-33(30)39/h1-23,34H/q-1. The smallest absolute Gasteiger partial charge is 0.0526 e. The first-order valence-electron chi connectivity index (χ1n) is 13.4. The van der Waals surface area contributed by atoms with Gasteiger partial charge in [-0.05, 0) is 79.3 Å². The van der Waals surface area contributed by atoms with Crippen molar-refractivity contribution in [2.75, 3.05) is 0 Å². The van der Waals surface area contributed by atoms with Crippen molar-refractivity contribution in [3.05, 3.63) is 155 Å². The van der Waals surface area contributed by atoms with Gasteiger partial charge >= 0.3 is 0 Å². The van der Waals surface area contributed by atoms with E-state index in [-0.39, 0.29) is 6.04 Å². The van der Waals surface area contributed by atoms with Crippen LogP contribution >= 0.6 is 11.3 Å². The lowest BCUT2D eigenvalue weighted by Crippen LogP contribution is -2.17. The van der Waals surface area contributed by atoms with Crippen LogP contribution in [0.4, 0.5) is 5.69 Å². The fourth-order valence-corrected chi connectivity index (χ4v) is 6.69.